The van der Waals surface area contributed by atoms with Gasteiger partial charge in [0.2, 0.25) is 5.91 Å². The fraction of sp³-hybridized carbons (Fsp3) is 0.138. The number of methoxy groups -OCH3 is 3. The van der Waals surface area contributed by atoms with E-state index in [1.807, 2.05) is 0 Å². The van der Waals surface area contributed by atoms with Crippen LogP contribution in [0.1, 0.15) is 0 Å². The Balaban J connectivity index is 1.61. The summed E-state index contributed by atoms with van der Waals surface area (Å²) < 4.78 is 72.2. The van der Waals surface area contributed by atoms with Crippen molar-refractivity contribution >= 4 is 48.7 Å². The minimum Gasteiger partial charge on any atom is -0.497 e. The van der Waals surface area contributed by atoms with Crippen molar-refractivity contribution in [3.05, 3.63) is 101 Å². The third-order valence-corrected chi connectivity index (χ3v) is 9.57. The van der Waals surface area contributed by atoms with Crippen LogP contribution in [0.4, 0.5) is 22.7 Å². The number of amides is 1. The Morgan fingerprint density at radius 1 is 0.800 bits per heavy atom. The molecule has 0 aliphatic carbocycles. The Hall–Kier alpha value is -5.35. The van der Waals surface area contributed by atoms with Gasteiger partial charge in [-0.05, 0) is 66.7 Å². The summed E-state index contributed by atoms with van der Waals surface area (Å²) in [5, 5.41) is 14.2. The predicted octanol–water partition coefficient (Wildman–Crippen LogP) is 4.26. The zero-order chi connectivity index (χ0) is 32.8. The van der Waals surface area contributed by atoms with Crippen LogP contribution in [0.25, 0.3) is 0 Å². The van der Waals surface area contributed by atoms with Gasteiger partial charge in [0.15, 0.2) is 4.90 Å². The summed E-state index contributed by atoms with van der Waals surface area (Å²) in [6.07, 6.45) is 0. The summed E-state index contributed by atoms with van der Waals surface area (Å²) >= 11 is 0. The lowest BCUT2D eigenvalue weighted by Crippen LogP contribution is -2.38. The molecule has 45 heavy (non-hydrogen) atoms. The summed E-state index contributed by atoms with van der Waals surface area (Å²) in [5.74, 6) is 0.0710. The SMILES string of the molecule is COc1ccc(NS(=O)(=O)c2ccc(NC(=O)CN(c3ccc(OC)cc3OC)S(=O)(=O)c3ccccc3[N+](=O)[O-])cc2)cc1. The molecule has 14 nitrogen and oxygen atoms in total. The van der Waals surface area contributed by atoms with Crippen molar-refractivity contribution < 1.29 is 40.8 Å². The van der Waals surface area contributed by atoms with Gasteiger partial charge in [-0.2, -0.15) is 0 Å². The van der Waals surface area contributed by atoms with Crippen LogP contribution in [0.3, 0.4) is 0 Å². The van der Waals surface area contributed by atoms with E-state index in [1.54, 1.807) is 12.1 Å². The molecule has 0 spiro atoms. The van der Waals surface area contributed by atoms with Gasteiger partial charge in [0.05, 0.1) is 36.8 Å². The smallest absolute Gasteiger partial charge is 0.289 e. The summed E-state index contributed by atoms with van der Waals surface area (Å²) in [4.78, 5) is 23.3. The van der Waals surface area contributed by atoms with Crippen molar-refractivity contribution in [2.45, 2.75) is 9.79 Å². The Morgan fingerprint density at radius 3 is 2.00 bits per heavy atom. The summed E-state index contributed by atoms with van der Waals surface area (Å²) in [6, 6.07) is 20.4. The van der Waals surface area contributed by atoms with Gasteiger partial charge < -0.3 is 19.5 Å². The maximum atomic E-state index is 13.9. The summed E-state index contributed by atoms with van der Waals surface area (Å²) in [6.45, 7) is -0.823. The molecule has 0 heterocycles. The summed E-state index contributed by atoms with van der Waals surface area (Å²) in [7, 11) is -4.52. The second kappa shape index (κ2) is 13.5. The van der Waals surface area contributed by atoms with Gasteiger partial charge in [-0.15, -0.1) is 0 Å². The highest BCUT2D eigenvalue weighted by Crippen LogP contribution is 2.37. The molecule has 0 unspecified atom stereocenters. The molecule has 0 aliphatic rings. The number of nitrogens with one attached hydrogen (secondary N) is 2. The molecule has 1 amide bonds. The first-order valence-corrected chi connectivity index (χ1v) is 15.9. The molecule has 4 aromatic carbocycles. The van der Waals surface area contributed by atoms with E-state index in [0.29, 0.717) is 21.5 Å². The third kappa shape index (κ3) is 7.42. The molecular formula is C29H28N4O10S2. The van der Waals surface area contributed by atoms with Crippen molar-refractivity contribution in [2.24, 2.45) is 0 Å². The highest BCUT2D eigenvalue weighted by Gasteiger charge is 2.34. The van der Waals surface area contributed by atoms with Crippen LogP contribution in [0.5, 0.6) is 17.2 Å². The molecule has 4 rings (SSSR count). The monoisotopic (exact) mass is 656 g/mol. The van der Waals surface area contributed by atoms with Gasteiger partial charge in [-0.1, -0.05) is 12.1 Å². The molecule has 0 bridgehead atoms. The van der Waals surface area contributed by atoms with Crippen molar-refractivity contribution in [3.8, 4) is 17.2 Å². The number of sulfonamides is 2. The van der Waals surface area contributed by atoms with E-state index in [-0.39, 0.29) is 22.0 Å². The number of hydrogen-bond acceptors (Lipinski definition) is 10. The molecular weight excluding hydrogens is 628 g/mol. The van der Waals surface area contributed by atoms with Crippen LogP contribution in [-0.2, 0) is 24.8 Å². The first kappa shape index (κ1) is 32.6. The topological polar surface area (TPSA) is 183 Å². The number of benzene rings is 4. The van der Waals surface area contributed by atoms with Gasteiger partial charge in [-0.25, -0.2) is 16.8 Å². The number of nitro benzene ring substituents is 1. The van der Waals surface area contributed by atoms with E-state index in [1.165, 1.54) is 88.1 Å². The van der Waals surface area contributed by atoms with E-state index in [2.05, 4.69) is 10.0 Å². The van der Waals surface area contributed by atoms with E-state index in [9.17, 15) is 31.7 Å². The lowest BCUT2D eigenvalue weighted by molar-refractivity contribution is -0.387. The van der Waals surface area contributed by atoms with Gasteiger partial charge in [-0.3, -0.25) is 23.9 Å². The molecule has 0 aliphatic heterocycles. The number of ether oxygens (including phenoxy) is 3. The maximum absolute atomic E-state index is 13.9. The van der Waals surface area contributed by atoms with Crippen LogP contribution in [0.2, 0.25) is 0 Å². The fourth-order valence-corrected chi connectivity index (χ4v) is 6.81. The van der Waals surface area contributed by atoms with Gasteiger partial charge in [0, 0.05) is 23.5 Å². The van der Waals surface area contributed by atoms with Crippen LogP contribution in [0, 0.1) is 10.1 Å². The second-order valence-electron chi connectivity index (χ2n) is 9.18. The van der Waals surface area contributed by atoms with Crippen molar-refractivity contribution in [2.75, 3.05) is 42.2 Å². The van der Waals surface area contributed by atoms with Crippen LogP contribution >= 0.6 is 0 Å². The molecule has 0 fully saturated rings. The molecule has 0 saturated carbocycles. The number of carbonyl (C=O) groups excluding carboxylic acids is 1. The molecule has 0 aromatic heterocycles. The van der Waals surface area contributed by atoms with Gasteiger partial charge >= 0.3 is 0 Å². The largest absolute Gasteiger partial charge is 0.497 e. The molecule has 236 valence electrons. The van der Waals surface area contributed by atoms with E-state index < -0.39 is 48.0 Å². The average Bonchev–Trinajstić information content (AvgIpc) is 3.03. The summed E-state index contributed by atoms with van der Waals surface area (Å²) in [5.41, 5.74) is -0.302. The van der Waals surface area contributed by atoms with Crippen molar-refractivity contribution in [1.29, 1.82) is 0 Å². The number of nitrogens with zero attached hydrogens (tertiary/aromatic N) is 2. The number of nitro groups is 1. The fourth-order valence-electron chi connectivity index (χ4n) is 4.16. The number of anilines is 3. The molecule has 16 heteroatoms. The molecule has 4 aromatic rings. The first-order valence-electron chi connectivity index (χ1n) is 12.9. The van der Waals surface area contributed by atoms with Crippen LogP contribution in [0.15, 0.2) is 101 Å². The van der Waals surface area contributed by atoms with Gasteiger partial charge in [0.25, 0.3) is 25.7 Å². The number of hydrogen-bond donors (Lipinski definition) is 2. The van der Waals surface area contributed by atoms with E-state index >= 15 is 0 Å². The zero-order valence-electron chi connectivity index (χ0n) is 24.2. The molecule has 2 N–H and O–H groups in total. The second-order valence-corrected chi connectivity index (χ2v) is 12.7. The van der Waals surface area contributed by atoms with E-state index in [4.69, 9.17) is 14.2 Å². The van der Waals surface area contributed by atoms with Gasteiger partial charge in [0.1, 0.15) is 23.8 Å². The predicted molar refractivity (Wildman–Crippen MR) is 166 cm³/mol. The Morgan fingerprint density at radius 2 is 1.40 bits per heavy atom. The van der Waals surface area contributed by atoms with Crippen LogP contribution in [-0.4, -0.2) is 55.5 Å². The molecule has 0 saturated heterocycles. The zero-order valence-corrected chi connectivity index (χ0v) is 25.8. The Bertz CT molecular complexity index is 1920. The van der Waals surface area contributed by atoms with E-state index in [0.717, 1.165) is 12.1 Å². The Labute approximate surface area is 259 Å². The number of rotatable bonds is 13. The molecule has 0 atom stereocenters. The normalized spacial score (nSPS) is 11.3. The Kier molecular flexibility index (Phi) is 9.79. The third-order valence-electron chi connectivity index (χ3n) is 6.36. The number of carbonyl (C=O) groups is 1. The van der Waals surface area contributed by atoms with Crippen molar-refractivity contribution in [1.82, 2.24) is 0 Å². The lowest BCUT2D eigenvalue weighted by Gasteiger charge is -2.25. The quantitative estimate of drug-likeness (QED) is 0.156. The highest BCUT2D eigenvalue weighted by molar-refractivity contribution is 7.93. The minimum absolute atomic E-state index is 0.0169. The lowest BCUT2D eigenvalue weighted by atomic mass is 10.2. The first-order chi connectivity index (χ1) is 21.4. The maximum Gasteiger partial charge on any atom is 0.289 e. The standard InChI is InChI=1S/C29H28N4O10S2/c1-41-22-12-8-21(9-13-22)31-44(37,38)24-15-10-20(11-16-24)30-29(34)19-32(25-17-14-23(42-2)18-27(25)43-3)45(39,40)28-7-5-4-6-26(28)33(35)36/h4-18,31H,19H2,1-3H3,(H,30,34). The van der Waals surface area contributed by atoms with Crippen LogP contribution < -0.4 is 28.6 Å². The van der Waals surface area contributed by atoms with Crippen molar-refractivity contribution in [3.63, 3.8) is 0 Å². The highest BCUT2D eigenvalue weighted by atomic mass is 32.2. The minimum atomic E-state index is -4.72. The number of para-hydroxylation sites is 1. The molecule has 0 radical (unpaired) electrons. The average molecular weight is 657 g/mol.